The Hall–Kier alpha value is -1.06. The minimum atomic E-state index is 0.637. The van der Waals surface area contributed by atoms with E-state index in [2.05, 4.69) is 48.3 Å². The van der Waals surface area contributed by atoms with Crippen LogP contribution in [0.5, 0.6) is 5.75 Å². The number of hydrogen-bond acceptors (Lipinski definition) is 3. The van der Waals surface area contributed by atoms with Crippen molar-refractivity contribution in [2.45, 2.75) is 52.1 Å². The Morgan fingerprint density at radius 1 is 1.14 bits per heavy atom. The Labute approximate surface area is 129 Å². The summed E-state index contributed by atoms with van der Waals surface area (Å²) in [7, 11) is 0. The van der Waals surface area contributed by atoms with Crippen molar-refractivity contribution in [2.24, 2.45) is 0 Å². The maximum atomic E-state index is 5.61. The molecular weight excluding hydrogens is 260 g/mol. The molecule has 21 heavy (non-hydrogen) atoms. The van der Waals surface area contributed by atoms with E-state index in [0.29, 0.717) is 6.04 Å². The van der Waals surface area contributed by atoms with E-state index >= 15 is 0 Å². The number of piperidine rings is 1. The summed E-state index contributed by atoms with van der Waals surface area (Å²) in [5, 5.41) is 3.58. The molecule has 2 rings (SSSR count). The highest BCUT2D eigenvalue weighted by atomic mass is 16.5. The van der Waals surface area contributed by atoms with Gasteiger partial charge in [-0.25, -0.2) is 0 Å². The highest BCUT2D eigenvalue weighted by Crippen LogP contribution is 2.13. The van der Waals surface area contributed by atoms with Crippen LogP contribution >= 0.6 is 0 Å². The van der Waals surface area contributed by atoms with Crippen molar-refractivity contribution < 1.29 is 4.74 Å². The number of ether oxygens (including phenoxy) is 1. The molecule has 0 saturated carbocycles. The van der Waals surface area contributed by atoms with Gasteiger partial charge in [-0.3, -0.25) is 4.90 Å². The van der Waals surface area contributed by atoms with Gasteiger partial charge in [0.25, 0.3) is 0 Å². The van der Waals surface area contributed by atoms with Gasteiger partial charge in [0.2, 0.25) is 0 Å². The van der Waals surface area contributed by atoms with Crippen molar-refractivity contribution in [2.75, 3.05) is 26.2 Å². The SMILES string of the molecule is CCCOc1ccc(CNCC(C)N2CCCCC2)cc1. The molecule has 0 radical (unpaired) electrons. The molecule has 0 aliphatic carbocycles. The monoisotopic (exact) mass is 290 g/mol. The maximum absolute atomic E-state index is 5.61. The fourth-order valence-corrected chi connectivity index (χ4v) is 2.84. The first-order chi connectivity index (χ1) is 10.3. The lowest BCUT2D eigenvalue weighted by atomic mass is 10.1. The minimum absolute atomic E-state index is 0.637. The summed E-state index contributed by atoms with van der Waals surface area (Å²) >= 11 is 0. The number of nitrogens with one attached hydrogen (secondary N) is 1. The summed E-state index contributed by atoms with van der Waals surface area (Å²) in [4.78, 5) is 2.61. The molecular formula is C18H30N2O. The van der Waals surface area contributed by atoms with Crippen LogP contribution in [0.3, 0.4) is 0 Å². The second-order valence-corrected chi connectivity index (χ2v) is 6.07. The van der Waals surface area contributed by atoms with Gasteiger partial charge < -0.3 is 10.1 Å². The van der Waals surface area contributed by atoms with Crippen LogP contribution < -0.4 is 10.1 Å². The lowest BCUT2D eigenvalue weighted by molar-refractivity contribution is 0.170. The molecule has 1 aliphatic heterocycles. The van der Waals surface area contributed by atoms with E-state index < -0.39 is 0 Å². The summed E-state index contributed by atoms with van der Waals surface area (Å²) in [6, 6.07) is 9.09. The Bertz CT molecular complexity index is 385. The van der Waals surface area contributed by atoms with Crippen molar-refractivity contribution >= 4 is 0 Å². The molecule has 3 nitrogen and oxygen atoms in total. The van der Waals surface area contributed by atoms with E-state index in [1.54, 1.807) is 0 Å². The Morgan fingerprint density at radius 2 is 1.86 bits per heavy atom. The molecule has 1 saturated heterocycles. The predicted octanol–water partition coefficient (Wildman–Crippen LogP) is 3.44. The zero-order chi connectivity index (χ0) is 14.9. The summed E-state index contributed by atoms with van der Waals surface area (Å²) in [5.74, 6) is 0.974. The van der Waals surface area contributed by atoms with Gasteiger partial charge in [-0.15, -0.1) is 0 Å². The molecule has 0 amide bonds. The predicted molar refractivity (Wildman–Crippen MR) is 88.8 cm³/mol. The molecule has 3 heteroatoms. The Kier molecular flexibility index (Phi) is 7.04. The lowest BCUT2D eigenvalue weighted by Crippen LogP contribution is -2.42. The average Bonchev–Trinajstić information content (AvgIpc) is 2.55. The number of benzene rings is 1. The first-order valence-electron chi connectivity index (χ1n) is 8.46. The Morgan fingerprint density at radius 3 is 2.52 bits per heavy atom. The van der Waals surface area contributed by atoms with Crippen LogP contribution in [0.1, 0.15) is 45.1 Å². The molecule has 0 bridgehead atoms. The van der Waals surface area contributed by atoms with Crippen molar-refractivity contribution in [1.82, 2.24) is 10.2 Å². The molecule has 1 aliphatic rings. The van der Waals surface area contributed by atoms with E-state index in [4.69, 9.17) is 4.74 Å². The van der Waals surface area contributed by atoms with Crippen molar-refractivity contribution in [3.05, 3.63) is 29.8 Å². The lowest BCUT2D eigenvalue weighted by Gasteiger charge is -2.32. The van der Waals surface area contributed by atoms with Crippen molar-refractivity contribution in [3.8, 4) is 5.75 Å². The van der Waals surface area contributed by atoms with E-state index in [1.807, 2.05) is 0 Å². The largest absolute Gasteiger partial charge is 0.494 e. The smallest absolute Gasteiger partial charge is 0.119 e. The van der Waals surface area contributed by atoms with Gasteiger partial charge in [0.1, 0.15) is 5.75 Å². The summed E-state index contributed by atoms with van der Waals surface area (Å²) in [6.07, 6.45) is 5.19. The van der Waals surface area contributed by atoms with Gasteiger partial charge in [0.15, 0.2) is 0 Å². The molecule has 1 fully saturated rings. The van der Waals surface area contributed by atoms with E-state index in [-0.39, 0.29) is 0 Å². The highest BCUT2D eigenvalue weighted by molar-refractivity contribution is 5.27. The number of hydrogen-bond donors (Lipinski definition) is 1. The van der Waals surface area contributed by atoms with Crippen LogP contribution in [-0.4, -0.2) is 37.2 Å². The van der Waals surface area contributed by atoms with E-state index in [9.17, 15) is 0 Å². The molecule has 1 N–H and O–H groups in total. The topological polar surface area (TPSA) is 24.5 Å². The fraction of sp³-hybridized carbons (Fsp3) is 0.667. The van der Waals surface area contributed by atoms with E-state index in [0.717, 1.165) is 31.9 Å². The van der Waals surface area contributed by atoms with Gasteiger partial charge in [-0.05, 0) is 57.0 Å². The van der Waals surface area contributed by atoms with Gasteiger partial charge >= 0.3 is 0 Å². The average molecular weight is 290 g/mol. The van der Waals surface area contributed by atoms with Crippen LogP contribution in [0.25, 0.3) is 0 Å². The third kappa shape index (κ3) is 5.68. The third-order valence-electron chi connectivity index (χ3n) is 4.18. The fourth-order valence-electron chi connectivity index (χ4n) is 2.84. The standard InChI is InChI=1S/C18H30N2O/c1-3-13-21-18-9-7-17(8-10-18)15-19-14-16(2)20-11-5-4-6-12-20/h7-10,16,19H,3-6,11-15H2,1-2H3. The second-order valence-electron chi connectivity index (χ2n) is 6.07. The maximum Gasteiger partial charge on any atom is 0.119 e. The molecule has 1 unspecified atom stereocenters. The molecule has 0 aromatic heterocycles. The van der Waals surface area contributed by atoms with Crippen molar-refractivity contribution in [3.63, 3.8) is 0 Å². The first-order valence-corrected chi connectivity index (χ1v) is 8.46. The molecule has 1 aromatic carbocycles. The van der Waals surface area contributed by atoms with Crippen LogP contribution in [0, 0.1) is 0 Å². The quantitative estimate of drug-likeness (QED) is 0.794. The molecule has 1 heterocycles. The zero-order valence-electron chi connectivity index (χ0n) is 13.6. The van der Waals surface area contributed by atoms with Crippen LogP contribution in [-0.2, 0) is 6.54 Å². The van der Waals surface area contributed by atoms with Crippen LogP contribution in [0.15, 0.2) is 24.3 Å². The first kappa shape index (κ1) is 16.3. The number of likely N-dealkylation sites (tertiary alicyclic amines) is 1. The van der Waals surface area contributed by atoms with Crippen LogP contribution in [0.2, 0.25) is 0 Å². The molecule has 118 valence electrons. The van der Waals surface area contributed by atoms with E-state index in [1.165, 1.54) is 37.9 Å². The van der Waals surface area contributed by atoms with Gasteiger partial charge in [-0.1, -0.05) is 25.5 Å². The summed E-state index contributed by atoms with van der Waals surface area (Å²) in [5.41, 5.74) is 1.32. The van der Waals surface area contributed by atoms with Crippen molar-refractivity contribution in [1.29, 1.82) is 0 Å². The van der Waals surface area contributed by atoms with Gasteiger partial charge in [0.05, 0.1) is 6.61 Å². The minimum Gasteiger partial charge on any atom is -0.494 e. The summed E-state index contributed by atoms with van der Waals surface area (Å²) < 4.78 is 5.61. The number of nitrogens with zero attached hydrogens (tertiary/aromatic N) is 1. The van der Waals surface area contributed by atoms with Crippen LogP contribution in [0.4, 0.5) is 0 Å². The zero-order valence-corrected chi connectivity index (χ0v) is 13.6. The van der Waals surface area contributed by atoms with Gasteiger partial charge in [0, 0.05) is 19.1 Å². The summed E-state index contributed by atoms with van der Waals surface area (Å²) in [6.45, 7) is 9.80. The molecule has 1 aromatic rings. The highest BCUT2D eigenvalue weighted by Gasteiger charge is 2.15. The second kappa shape index (κ2) is 9.06. The normalized spacial score (nSPS) is 17.6. The molecule has 0 spiro atoms. The number of rotatable bonds is 8. The Balaban J connectivity index is 1.67. The third-order valence-corrected chi connectivity index (χ3v) is 4.18. The van der Waals surface area contributed by atoms with Gasteiger partial charge in [-0.2, -0.15) is 0 Å². The molecule has 1 atom stereocenters.